The van der Waals surface area contributed by atoms with Gasteiger partial charge in [0.15, 0.2) is 0 Å². The normalized spacial score (nSPS) is 12.4. The molecule has 0 saturated carbocycles. The molecule has 0 unspecified atom stereocenters. The van der Waals surface area contributed by atoms with Crippen molar-refractivity contribution in [3.63, 3.8) is 0 Å². The van der Waals surface area contributed by atoms with Gasteiger partial charge in [0.25, 0.3) is 18.1 Å². The van der Waals surface area contributed by atoms with E-state index in [0.29, 0.717) is 6.07 Å². The Morgan fingerprint density at radius 1 is 1.16 bits per heavy atom. The van der Waals surface area contributed by atoms with Crippen molar-refractivity contribution < 1.29 is 26.9 Å². The maximum absolute atomic E-state index is 11.2. The van der Waals surface area contributed by atoms with Crippen molar-refractivity contribution in [2.24, 2.45) is 0 Å². The molecule has 0 fully saturated rings. The van der Waals surface area contributed by atoms with Gasteiger partial charge in [-0.15, -0.1) is 0 Å². The molecule has 0 aliphatic carbocycles. The van der Waals surface area contributed by atoms with Crippen molar-refractivity contribution in [2.75, 3.05) is 0 Å². The number of phenols is 1. The minimum Gasteiger partial charge on any atom is -0.501 e. The van der Waals surface area contributed by atoms with Crippen molar-refractivity contribution in [1.82, 2.24) is 0 Å². The van der Waals surface area contributed by atoms with E-state index in [1.54, 1.807) is 0 Å². The number of hydrogen-bond acceptors (Lipinski definition) is 7. The molecule has 8 nitrogen and oxygen atoms in total. The maximum atomic E-state index is 11.2. The number of nitro benzene ring substituents is 1. The average Bonchev–Trinajstić information content (AvgIpc) is 2.12. The lowest BCUT2D eigenvalue weighted by atomic mass is 10.2. The van der Waals surface area contributed by atoms with Gasteiger partial charge in [0.1, 0.15) is 4.90 Å². The molecule has 0 aliphatic rings. The number of phenolic OH excluding ortho intramolecular Hbond substituents is 1. The van der Waals surface area contributed by atoms with Gasteiger partial charge < -0.3 is 5.11 Å². The highest BCUT2D eigenvalue weighted by Gasteiger charge is 2.32. The molecule has 0 aliphatic heterocycles. The highest BCUT2D eigenvalue weighted by Crippen LogP contribution is 2.41. The van der Waals surface area contributed by atoms with E-state index in [1.807, 2.05) is 0 Å². The molecule has 0 atom stereocenters. The minimum absolute atomic E-state index is 0.461. The average molecular weight is 350 g/mol. The van der Waals surface area contributed by atoms with Crippen molar-refractivity contribution in [3.8, 4) is 5.75 Å². The second-order valence-corrected chi connectivity index (χ2v) is 8.40. The Bertz CT molecular complexity index is 713. The van der Waals surface area contributed by atoms with Crippen molar-refractivity contribution in [3.05, 3.63) is 21.7 Å². The lowest BCUT2D eigenvalue weighted by Gasteiger charge is -2.08. The number of hydrogen-bond donors (Lipinski definition) is 1. The van der Waals surface area contributed by atoms with Gasteiger partial charge in [0.05, 0.1) is 15.4 Å². The topological polar surface area (TPSA) is 132 Å². The molecule has 0 radical (unpaired) electrons. The molecule has 0 heterocycles. The number of halogens is 2. The molecule has 106 valence electrons. The minimum atomic E-state index is -4.59. The first kappa shape index (κ1) is 16.0. The third-order valence-electron chi connectivity index (χ3n) is 2.15. The number of aromatic hydroxyl groups is 1. The predicted molar refractivity (Wildman–Crippen MR) is 65.6 cm³/mol. The first-order valence-electron chi connectivity index (χ1n) is 4.27. The van der Waals surface area contributed by atoms with Crippen LogP contribution >= 0.6 is 21.4 Å². The van der Waals surface area contributed by atoms with E-state index in [2.05, 4.69) is 0 Å². The van der Waals surface area contributed by atoms with Crippen LogP contribution in [-0.4, -0.2) is 26.9 Å². The molecule has 0 aromatic heterocycles. The van der Waals surface area contributed by atoms with E-state index in [9.17, 15) is 32.1 Å². The second-order valence-electron chi connectivity index (χ2n) is 3.33. The van der Waals surface area contributed by atoms with Crippen LogP contribution in [0.4, 0.5) is 5.69 Å². The van der Waals surface area contributed by atoms with Gasteiger partial charge in [0, 0.05) is 21.4 Å². The van der Waals surface area contributed by atoms with Crippen LogP contribution in [-0.2, 0) is 18.1 Å². The van der Waals surface area contributed by atoms with Crippen LogP contribution in [0.5, 0.6) is 5.75 Å². The highest BCUT2D eigenvalue weighted by molar-refractivity contribution is 8.14. The summed E-state index contributed by atoms with van der Waals surface area (Å²) in [6.45, 7) is 0.998. The molecule has 0 saturated heterocycles. The van der Waals surface area contributed by atoms with Gasteiger partial charge in [-0.1, -0.05) is 0 Å². The van der Waals surface area contributed by atoms with Gasteiger partial charge >= 0.3 is 5.69 Å². The third-order valence-corrected chi connectivity index (χ3v) is 4.94. The van der Waals surface area contributed by atoms with Crippen LogP contribution in [0, 0.1) is 17.0 Å². The zero-order chi connectivity index (χ0) is 15.2. The Morgan fingerprint density at radius 3 is 1.89 bits per heavy atom. The summed E-state index contributed by atoms with van der Waals surface area (Å²) in [4.78, 5) is 7.71. The number of nitro groups is 1. The van der Waals surface area contributed by atoms with Gasteiger partial charge in [-0.05, 0) is 13.0 Å². The van der Waals surface area contributed by atoms with Crippen LogP contribution < -0.4 is 0 Å². The molecule has 12 heteroatoms. The Kier molecular flexibility index (Phi) is 4.01. The molecule has 0 bridgehead atoms. The second kappa shape index (κ2) is 4.78. The Labute approximate surface area is 116 Å². The molecule has 1 rings (SSSR count). The Morgan fingerprint density at radius 2 is 1.58 bits per heavy atom. The molecule has 1 aromatic carbocycles. The SMILES string of the molecule is Cc1c(S(=O)(=O)Cl)cc(S(=O)(=O)Cl)c(O)c1[N+](=O)[O-]. The van der Waals surface area contributed by atoms with E-state index in [4.69, 9.17) is 21.4 Å². The molecule has 1 N–H and O–H groups in total. The van der Waals surface area contributed by atoms with Crippen LogP contribution in [0.15, 0.2) is 15.9 Å². The summed E-state index contributed by atoms with van der Waals surface area (Å²) in [7, 11) is 0.962. The summed E-state index contributed by atoms with van der Waals surface area (Å²) in [6, 6.07) is 0.461. The first-order chi connectivity index (χ1) is 8.37. The summed E-state index contributed by atoms with van der Waals surface area (Å²) in [5, 5.41) is 20.3. The fourth-order valence-electron chi connectivity index (χ4n) is 1.37. The summed E-state index contributed by atoms with van der Waals surface area (Å²) in [5.41, 5.74) is -1.59. The maximum Gasteiger partial charge on any atom is 0.316 e. The lowest BCUT2D eigenvalue weighted by molar-refractivity contribution is -0.386. The van der Waals surface area contributed by atoms with Gasteiger partial charge in [-0.3, -0.25) is 10.1 Å². The fraction of sp³-hybridized carbons (Fsp3) is 0.143. The first-order valence-corrected chi connectivity index (χ1v) is 8.89. The molecule has 0 amide bonds. The largest absolute Gasteiger partial charge is 0.501 e. The van der Waals surface area contributed by atoms with E-state index >= 15 is 0 Å². The smallest absolute Gasteiger partial charge is 0.316 e. The van der Waals surface area contributed by atoms with Crippen LogP contribution in [0.25, 0.3) is 0 Å². The van der Waals surface area contributed by atoms with Crippen molar-refractivity contribution in [2.45, 2.75) is 16.7 Å². The fourth-order valence-corrected chi connectivity index (χ4v) is 3.58. The molecular weight excluding hydrogens is 345 g/mol. The summed E-state index contributed by atoms with van der Waals surface area (Å²) < 4.78 is 44.8. The van der Waals surface area contributed by atoms with Crippen molar-refractivity contribution >= 4 is 45.2 Å². The quantitative estimate of drug-likeness (QED) is 0.496. The lowest BCUT2D eigenvalue weighted by Crippen LogP contribution is -2.04. The van der Waals surface area contributed by atoms with Gasteiger partial charge in [-0.25, -0.2) is 16.8 Å². The monoisotopic (exact) mass is 349 g/mol. The summed E-state index contributed by atoms with van der Waals surface area (Å²) in [6.07, 6.45) is 0. The number of nitrogens with zero attached hydrogens (tertiary/aromatic N) is 1. The van der Waals surface area contributed by atoms with Gasteiger partial charge in [-0.2, -0.15) is 0 Å². The molecule has 0 spiro atoms. The standard InChI is InChI=1S/C7H5Cl2NO7S2/c1-3-4(18(8,14)15)2-5(19(9,16)17)7(11)6(3)10(12)13/h2,11H,1H3. The van der Waals surface area contributed by atoms with E-state index in [0.717, 1.165) is 6.92 Å². The number of rotatable bonds is 3. The van der Waals surface area contributed by atoms with E-state index in [1.165, 1.54) is 0 Å². The molecule has 19 heavy (non-hydrogen) atoms. The van der Waals surface area contributed by atoms with E-state index < -0.39 is 49.8 Å². The zero-order valence-corrected chi connectivity index (χ0v) is 12.1. The zero-order valence-electron chi connectivity index (χ0n) is 8.99. The van der Waals surface area contributed by atoms with Crippen molar-refractivity contribution in [1.29, 1.82) is 0 Å². The van der Waals surface area contributed by atoms with Crippen LogP contribution in [0.3, 0.4) is 0 Å². The predicted octanol–water partition coefficient (Wildman–Crippen LogP) is 1.46. The molecular formula is C7H5Cl2NO7S2. The number of benzene rings is 1. The van der Waals surface area contributed by atoms with Crippen LogP contribution in [0.2, 0.25) is 0 Å². The van der Waals surface area contributed by atoms with E-state index in [-0.39, 0.29) is 0 Å². The summed E-state index contributed by atoms with van der Waals surface area (Å²) in [5.74, 6) is -1.25. The summed E-state index contributed by atoms with van der Waals surface area (Å²) >= 11 is 0. The third kappa shape index (κ3) is 3.08. The Hall–Kier alpha value is -1.10. The highest BCUT2D eigenvalue weighted by atomic mass is 35.7. The van der Waals surface area contributed by atoms with Crippen LogP contribution in [0.1, 0.15) is 5.56 Å². The Balaban J connectivity index is 4.03. The molecule has 1 aromatic rings. The van der Waals surface area contributed by atoms with Gasteiger partial charge in [0.2, 0.25) is 5.75 Å².